The van der Waals surface area contributed by atoms with Crippen LogP contribution in [-0.2, 0) is 9.53 Å². The van der Waals surface area contributed by atoms with E-state index in [1.807, 2.05) is 0 Å². The van der Waals surface area contributed by atoms with Gasteiger partial charge in [-0.2, -0.15) is 0 Å². The van der Waals surface area contributed by atoms with E-state index in [2.05, 4.69) is 0 Å². The van der Waals surface area contributed by atoms with Gasteiger partial charge in [0.2, 0.25) is 0 Å². The Labute approximate surface area is 89.6 Å². The van der Waals surface area contributed by atoms with Crippen molar-refractivity contribution in [3.8, 4) is 0 Å². The van der Waals surface area contributed by atoms with E-state index < -0.39 is 17.7 Å². The first kappa shape index (κ1) is 11.8. The lowest BCUT2D eigenvalue weighted by Crippen LogP contribution is -2.45. The predicted octanol–water partition coefficient (Wildman–Crippen LogP) is 0.871. The highest BCUT2D eigenvalue weighted by molar-refractivity contribution is 5.83. The molecule has 0 spiro atoms. The Morgan fingerprint density at radius 3 is 2.47 bits per heavy atom. The highest BCUT2D eigenvalue weighted by Crippen LogP contribution is 2.20. The van der Waals surface area contributed by atoms with Crippen molar-refractivity contribution in [1.29, 1.82) is 0 Å². The van der Waals surface area contributed by atoms with Gasteiger partial charge >= 0.3 is 12.0 Å². The summed E-state index contributed by atoms with van der Waals surface area (Å²) in [6.07, 6.45) is 1.44. The first-order valence-corrected chi connectivity index (χ1v) is 5.10. The number of likely N-dealkylation sites (tertiary alicyclic amines) is 1. The number of primary amides is 1. The largest absolute Gasteiger partial charge is 0.458 e. The van der Waals surface area contributed by atoms with Gasteiger partial charge in [0.1, 0.15) is 11.6 Å². The van der Waals surface area contributed by atoms with E-state index in [1.165, 1.54) is 4.90 Å². The number of carbonyl (C=O) groups excluding carboxylic acids is 2. The Morgan fingerprint density at radius 2 is 2.00 bits per heavy atom. The molecular formula is C10H18N2O3. The molecule has 5 nitrogen and oxygen atoms in total. The van der Waals surface area contributed by atoms with E-state index >= 15 is 0 Å². The van der Waals surface area contributed by atoms with Crippen molar-refractivity contribution in [3.63, 3.8) is 0 Å². The fraction of sp³-hybridized carbons (Fsp3) is 0.800. The van der Waals surface area contributed by atoms with Crippen LogP contribution in [0.4, 0.5) is 4.79 Å². The van der Waals surface area contributed by atoms with Gasteiger partial charge in [0.05, 0.1) is 0 Å². The van der Waals surface area contributed by atoms with Crippen LogP contribution in [0.5, 0.6) is 0 Å². The van der Waals surface area contributed by atoms with E-state index in [-0.39, 0.29) is 5.97 Å². The summed E-state index contributed by atoms with van der Waals surface area (Å²) in [5.74, 6) is -0.362. The first-order chi connectivity index (χ1) is 6.81. The standard InChI is InChI=1S/C10H18N2O3/c1-10(2,3)15-8(13)7-5-4-6-12(7)9(11)14/h7H,4-6H2,1-3H3,(H2,11,14)/t7-/m1/s1. The summed E-state index contributed by atoms with van der Waals surface area (Å²) < 4.78 is 5.21. The quantitative estimate of drug-likeness (QED) is 0.658. The van der Waals surface area contributed by atoms with Crippen LogP contribution in [0.1, 0.15) is 33.6 Å². The second-order valence-electron chi connectivity index (χ2n) is 4.72. The molecule has 0 saturated carbocycles. The maximum atomic E-state index is 11.7. The molecule has 2 N–H and O–H groups in total. The van der Waals surface area contributed by atoms with Crippen LogP contribution in [-0.4, -0.2) is 35.1 Å². The number of hydrogen-bond donors (Lipinski definition) is 1. The summed E-state index contributed by atoms with van der Waals surface area (Å²) in [6, 6.07) is -1.05. The molecule has 1 fully saturated rings. The summed E-state index contributed by atoms with van der Waals surface area (Å²) >= 11 is 0. The molecule has 0 aromatic rings. The molecule has 1 saturated heterocycles. The second-order valence-corrected chi connectivity index (χ2v) is 4.72. The van der Waals surface area contributed by atoms with Crippen molar-refractivity contribution in [1.82, 2.24) is 4.90 Å². The molecule has 0 unspecified atom stereocenters. The van der Waals surface area contributed by atoms with Crippen LogP contribution in [0.15, 0.2) is 0 Å². The van der Waals surface area contributed by atoms with Gasteiger partial charge in [-0.3, -0.25) is 0 Å². The molecule has 0 bridgehead atoms. The number of hydrogen-bond acceptors (Lipinski definition) is 3. The fourth-order valence-electron chi connectivity index (χ4n) is 1.65. The molecule has 2 amide bonds. The lowest BCUT2D eigenvalue weighted by molar-refractivity contribution is -0.159. The number of carbonyl (C=O) groups is 2. The first-order valence-electron chi connectivity index (χ1n) is 5.10. The van der Waals surface area contributed by atoms with Crippen LogP contribution in [0, 0.1) is 0 Å². The molecule has 1 rings (SSSR count). The molecule has 1 aliphatic rings. The van der Waals surface area contributed by atoms with Gasteiger partial charge in [0, 0.05) is 6.54 Å². The SMILES string of the molecule is CC(C)(C)OC(=O)[C@H]1CCCN1C(N)=O. The minimum absolute atomic E-state index is 0.362. The summed E-state index contributed by atoms with van der Waals surface area (Å²) in [4.78, 5) is 24.1. The second kappa shape index (κ2) is 4.08. The molecule has 1 atom stereocenters. The molecule has 1 aliphatic heterocycles. The zero-order valence-electron chi connectivity index (χ0n) is 9.45. The Hall–Kier alpha value is -1.26. The van der Waals surface area contributed by atoms with E-state index in [1.54, 1.807) is 20.8 Å². The third kappa shape index (κ3) is 3.11. The molecule has 0 aromatic heterocycles. The minimum Gasteiger partial charge on any atom is -0.458 e. The average Bonchev–Trinajstić information content (AvgIpc) is 2.47. The number of ether oxygens (including phenoxy) is 1. The zero-order chi connectivity index (χ0) is 11.6. The molecule has 86 valence electrons. The van der Waals surface area contributed by atoms with Crippen LogP contribution in [0.2, 0.25) is 0 Å². The maximum Gasteiger partial charge on any atom is 0.329 e. The van der Waals surface area contributed by atoms with Crippen molar-refractivity contribution in [3.05, 3.63) is 0 Å². The van der Waals surface area contributed by atoms with Gasteiger partial charge in [0.15, 0.2) is 0 Å². The Kier molecular flexibility index (Phi) is 3.21. The zero-order valence-corrected chi connectivity index (χ0v) is 9.45. The van der Waals surface area contributed by atoms with E-state index in [0.717, 1.165) is 6.42 Å². The number of esters is 1. The topological polar surface area (TPSA) is 72.6 Å². The van der Waals surface area contributed by atoms with Gasteiger partial charge in [-0.25, -0.2) is 9.59 Å². The number of nitrogens with zero attached hydrogens (tertiary/aromatic N) is 1. The third-order valence-corrected chi connectivity index (χ3v) is 2.21. The fourth-order valence-corrected chi connectivity index (χ4v) is 1.65. The van der Waals surface area contributed by atoms with Crippen molar-refractivity contribution >= 4 is 12.0 Å². The molecule has 0 aliphatic carbocycles. The molecular weight excluding hydrogens is 196 g/mol. The highest BCUT2D eigenvalue weighted by atomic mass is 16.6. The van der Waals surface area contributed by atoms with Gasteiger partial charge in [0.25, 0.3) is 0 Å². The van der Waals surface area contributed by atoms with Crippen LogP contribution in [0.3, 0.4) is 0 Å². The van der Waals surface area contributed by atoms with Gasteiger partial charge in [-0.1, -0.05) is 0 Å². The summed E-state index contributed by atoms with van der Waals surface area (Å²) in [6.45, 7) is 5.94. The lowest BCUT2D eigenvalue weighted by atomic mass is 10.1. The van der Waals surface area contributed by atoms with Gasteiger partial charge < -0.3 is 15.4 Å². The van der Waals surface area contributed by atoms with Crippen LogP contribution in [0.25, 0.3) is 0 Å². The van der Waals surface area contributed by atoms with Gasteiger partial charge in [-0.05, 0) is 33.6 Å². The Bertz CT molecular complexity index is 270. The maximum absolute atomic E-state index is 11.7. The molecule has 0 radical (unpaired) electrons. The molecule has 0 aromatic carbocycles. The normalized spacial score (nSPS) is 21.5. The number of amides is 2. The summed E-state index contributed by atoms with van der Waals surface area (Å²) in [5, 5.41) is 0. The van der Waals surface area contributed by atoms with Gasteiger partial charge in [-0.15, -0.1) is 0 Å². The van der Waals surface area contributed by atoms with E-state index in [0.29, 0.717) is 13.0 Å². The van der Waals surface area contributed by atoms with Crippen LogP contribution < -0.4 is 5.73 Å². The monoisotopic (exact) mass is 214 g/mol. The smallest absolute Gasteiger partial charge is 0.329 e. The number of rotatable bonds is 1. The average molecular weight is 214 g/mol. The van der Waals surface area contributed by atoms with E-state index in [9.17, 15) is 9.59 Å². The highest BCUT2D eigenvalue weighted by Gasteiger charge is 2.35. The predicted molar refractivity (Wildman–Crippen MR) is 55.2 cm³/mol. The number of urea groups is 1. The molecule has 15 heavy (non-hydrogen) atoms. The van der Waals surface area contributed by atoms with Crippen molar-refractivity contribution < 1.29 is 14.3 Å². The Morgan fingerprint density at radius 1 is 1.40 bits per heavy atom. The summed E-state index contributed by atoms with van der Waals surface area (Å²) in [5.41, 5.74) is 4.64. The minimum atomic E-state index is -0.552. The third-order valence-electron chi connectivity index (χ3n) is 2.21. The van der Waals surface area contributed by atoms with Crippen molar-refractivity contribution in [2.45, 2.75) is 45.3 Å². The van der Waals surface area contributed by atoms with Crippen molar-refractivity contribution in [2.75, 3.05) is 6.54 Å². The van der Waals surface area contributed by atoms with Crippen molar-refractivity contribution in [2.24, 2.45) is 5.73 Å². The molecule has 1 heterocycles. The van der Waals surface area contributed by atoms with E-state index in [4.69, 9.17) is 10.5 Å². The Balaban J connectivity index is 2.63. The lowest BCUT2D eigenvalue weighted by Gasteiger charge is -2.26. The van der Waals surface area contributed by atoms with Crippen LogP contribution >= 0.6 is 0 Å². The molecule has 5 heteroatoms. The summed E-state index contributed by atoms with van der Waals surface area (Å²) in [7, 11) is 0. The number of nitrogens with two attached hydrogens (primary N) is 1.